The Hall–Kier alpha value is -0.570. The van der Waals surface area contributed by atoms with Gasteiger partial charge in [0.05, 0.1) is 12.5 Å². The number of rotatable bonds is 1. The molecule has 13 heavy (non-hydrogen) atoms. The lowest BCUT2D eigenvalue weighted by Gasteiger charge is -2.41. The van der Waals surface area contributed by atoms with Crippen LogP contribution in [0.15, 0.2) is 0 Å². The number of ether oxygens (including phenoxy) is 1. The molecule has 0 amide bonds. The number of carbonyl (C=O) groups excluding carboxylic acids is 1. The van der Waals surface area contributed by atoms with Gasteiger partial charge in [-0.15, -0.1) is 0 Å². The first-order valence-corrected chi connectivity index (χ1v) is 4.73. The molecule has 0 aromatic carbocycles. The van der Waals surface area contributed by atoms with Gasteiger partial charge in [0.25, 0.3) is 0 Å². The Bertz CT molecular complexity index is 213. The molecule has 0 spiro atoms. The average molecular weight is 185 g/mol. The van der Waals surface area contributed by atoms with E-state index in [0.717, 1.165) is 19.4 Å². The maximum absolute atomic E-state index is 11.5. The molecule has 3 nitrogen and oxygen atoms in total. The van der Waals surface area contributed by atoms with Crippen LogP contribution >= 0.6 is 0 Å². The molecular formula is C10H19NO2. The van der Waals surface area contributed by atoms with E-state index in [1.807, 2.05) is 6.92 Å². The minimum atomic E-state index is -0.302. The Morgan fingerprint density at radius 1 is 1.38 bits per heavy atom. The Labute approximate surface area is 79.8 Å². The Balaban J connectivity index is 2.74. The van der Waals surface area contributed by atoms with Crippen LogP contribution in [-0.4, -0.2) is 25.2 Å². The Kier molecular flexibility index (Phi) is 2.66. The van der Waals surface area contributed by atoms with E-state index in [9.17, 15) is 4.79 Å². The summed E-state index contributed by atoms with van der Waals surface area (Å²) in [6.07, 6.45) is 1.70. The van der Waals surface area contributed by atoms with Gasteiger partial charge in [0.15, 0.2) is 0 Å². The third-order valence-electron chi connectivity index (χ3n) is 2.79. The molecule has 1 atom stereocenters. The van der Waals surface area contributed by atoms with Crippen molar-refractivity contribution < 1.29 is 9.53 Å². The monoisotopic (exact) mass is 185 g/mol. The molecular weight excluding hydrogens is 166 g/mol. The minimum absolute atomic E-state index is 0.0428. The highest BCUT2D eigenvalue weighted by molar-refractivity contribution is 5.76. The van der Waals surface area contributed by atoms with Crippen molar-refractivity contribution in [3.8, 4) is 0 Å². The zero-order chi connectivity index (χ0) is 10.1. The summed E-state index contributed by atoms with van der Waals surface area (Å²) >= 11 is 0. The van der Waals surface area contributed by atoms with E-state index in [4.69, 9.17) is 4.74 Å². The summed E-state index contributed by atoms with van der Waals surface area (Å²) in [5, 5.41) is 3.38. The number of carbonyl (C=O) groups is 1. The van der Waals surface area contributed by atoms with Crippen LogP contribution in [0.1, 0.15) is 33.6 Å². The smallest absolute Gasteiger partial charge is 0.311 e. The van der Waals surface area contributed by atoms with E-state index >= 15 is 0 Å². The quantitative estimate of drug-likeness (QED) is 0.626. The van der Waals surface area contributed by atoms with Crippen molar-refractivity contribution in [2.24, 2.45) is 5.41 Å². The average Bonchev–Trinajstić information content (AvgIpc) is 2.00. The molecule has 0 aromatic rings. The molecule has 1 aliphatic heterocycles. The normalized spacial score (nSPS) is 32.6. The van der Waals surface area contributed by atoms with Crippen molar-refractivity contribution in [2.75, 3.05) is 13.7 Å². The highest BCUT2D eigenvalue weighted by Crippen LogP contribution is 2.36. The molecule has 0 saturated carbocycles. The fourth-order valence-corrected chi connectivity index (χ4v) is 2.22. The molecule has 1 saturated heterocycles. The van der Waals surface area contributed by atoms with Crippen LogP contribution in [0.5, 0.6) is 0 Å². The highest BCUT2D eigenvalue weighted by atomic mass is 16.5. The Morgan fingerprint density at radius 3 is 2.46 bits per heavy atom. The molecule has 3 heteroatoms. The SMILES string of the molecule is COC(=O)C1(C)CCNC(C)(C)C1. The molecule has 0 aliphatic carbocycles. The number of nitrogens with one attached hydrogen (secondary N) is 1. The zero-order valence-electron chi connectivity index (χ0n) is 8.94. The zero-order valence-corrected chi connectivity index (χ0v) is 8.94. The molecule has 1 heterocycles. The van der Waals surface area contributed by atoms with Crippen molar-refractivity contribution >= 4 is 5.97 Å². The van der Waals surface area contributed by atoms with E-state index in [1.165, 1.54) is 7.11 Å². The topological polar surface area (TPSA) is 38.3 Å². The van der Waals surface area contributed by atoms with E-state index in [2.05, 4.69) is 19.2 Å². The number of hydrogen-bond acceptors (Lipinski definition) is 3. The molecule has 1 fully saturated rings. The summed E-state index contributed by atoms with van der Waals surface area (Å²) in [4.78, 5) is 11.5. The fraction of sp³-hybridized carbons (Fsp3) is 0.900. The highest BCUT2D eigenvalue weighted by Gasteiger charge is 2.42. The molecule has 1 N–H and O–H groups in total. The van der Waals surface area contributed by atoms with E-state index in [1.54, 1.807) is 0 Å². The summed E-state index contributed by atoms with van der Waals surface area (Å²) in [5.41, 5.74) is -0.259. The summed E-state index contributed by atoms with van der Waals surface area (Å²) in [5.74, 6) is -0.0814. The largest absolute Gasteiger partial charge is 0.469 e. The molecule has 1 aliphatic rings. The summed E-state index contributed by atoms with van der Waals surface area (Å²) < 4.78 is 4.82. The van der Waals surface area contributed by atoms with Crippen LogP contribution < -0.4 is 5.32 Å². The van der Waals surface area contributed by atoms with Gasteiger partial charge in [-0.3, -0.25) is 4.79 Å². The molecule has 76 valence electrons. The van der Waals surface area contributed by atoms with Crippen LogP contribution in [0.25, 0.3) is 0 Å². The summed E-state index contributed by atoms with van der Waals surface area (Å²) in [7, 11) is 1.46. The number of piperidine rings is 1. The summed E-state index contributed by atoms with van der Waals surface area (Å²) in [6, 6.07) is 0. The van der Waals surface area contributed by atoms with Crippen molar-refractivity contribution in [1.82, 2.24) is 5.32 Å². The van der Waals surface area contributed by atoms with Gasteiger partial charge >= 0.3 is 5.97 Å². The first-order chi connectivity index (χ1) is 5.90. The molecule has 0 radical (unpaired) electrons. The van der Waals surface area contributed by atoms with Gasteiger partial charge in [0.1, 0.15) is 0 Å². The molecule has 1 rings (SSSR count). The second-order valence-electron chi connectivity index (χ2n) is 4.79. The maximum Gasteiger partial charge on any atom is 0.311 e. The van der Waals surface area contributed by atoms with Gasteiger partial charge in [-0.1, -0.05) is 0 Å². The fourth-order valence-electron chi connectivity index (χ4n) is 2.22. The summed E-state index contributed by atoms with van der Waals surface area (Å²) in [6.45, 7) is 7.11. The molecule has 0 aromatic heterocycles. The van der Waals surface area contributed by atoms with Crippen molar-refractivity contribution in [3.63, 3.8) is 0 Å². The van der Waals surface area contributed by atoms with E-state index in [-0.39, 0.29) is 16.9 Å². The molecule has 0 bridgehead atoms. The van der Waals surface area contributed by atoms with E-state index < -0.39 is 0 Å². The van der Waals surface area contributed by atoms with Crippen LogP contribution in [0.4, 0.5) is 0 Å². The Morgan fingerprint density at radius 2 is 2.00 bits per heavy atom. The van der Waals surface area contributed by atoms with Gasteiger partial charge in [-0.05, 0) is 40.2 Å². The minimum Gasteiger partial charge on any atom is -0.469 e. The number of hydrogen-bond donors (Lipinski definition) is 1. The van der Waals surface area contributed by atoms with Crippen LogP contribution in [0, 0.1) is 5.41 Å². The lowest BCUT2D eigenvalue weighted by Crippen LogP contribution is -2.52. The number of esters is 1. The lowest BCUT2D eigenvalue weighted by molar-refractivity contribution is -0.154. The first kappa shape index (κ1) is 10.5. The third-order valence-corrected chi connectivity index (χ3v) is 2.79. The predicted octanol–water partition coefficient (Wildman–Crippen LogP) is 1.33. The van der Waals surface area contributed by atoms with Gasteiger partial charge < -0.3 is 10.1 Å². The van der Waals surface area contributed by atoms with Crippen molar-refractivity contribution in [3.05, 3.63) is 0 Å². The van der Waals surface area contributed by atoms with E-state index in [0.29, 0.717) is 0 Å². The first-order valence-electron chi connectivity index (χ1n) is 4.73. The predicted molar refractivity (Wildman–Crippen MR) is 51.4 cm³/mol. The van der Waals surface area contributed by atoms with Gasteiger partial charge in [0, 0.05) is 5.54 Å². The van der Waals surface area contributed by atoms with Gasteiger partial charge in [0.2, 0.25) is 0 Å². The second kappa shape index (κ2) is 3.29. The van der Waals surface area contributed by atoms with Gasteiger partial charge in [-0.2, -0.15) is 0 Å². The maximum atomic E-state index is 11.5. The second-order valence-corrected chi connectivity index (χ2v) is 4.79. The lowest BCUT2D eigenvalue weighted by atomic mass is 9.73. The van der Waals surface area contributed by atoms with Gasteiger partial charge in [-0.25, -0.2) is 0 Å². The van der Waals surface area contributed by atoms with Crippen molar-refractivity contribution in [2.45, 2.75) is 39.2 Å². The van der Waals surface area contributed by atoms with Crippen LogP contribution in [0.2, 0.25) is 0 Å². The van der Waals surface area contributed by atoms with Crippen LogP contribution in [-0.2, 0) is 9.53 Å². The molecule has 1 unspecified atom stereocenters. The number of methoxy groups -OCH3 is 1. The standard InChI is InChI=1S/C10H19NO2/c1-9(2)7-10(3,5-6-11-9)8(12)13-4/h11H,5-7H2,1-4H3. The van der Waals surface area contributed by atoms with Crippen molar-refractivity contribution in [1.29, 1.82) is 0 Å². The third kappa shape index (κ3) is 2.21. The van der Waals surface area contributed by atoms with Crippen LogP contribution in [0.3, 0.4) is 0 Å².